The van der Waals surface area contributed by atoms with E-state index in [1.165, 1.54) is 0 Å². The third kappa shape index (κ3) is 9.00. The van der Waals surface area contributed by atoms with Crippen molar-refractivity contribution in [3.63, 3.8) is 0 Å². The summed E-state index contributed by atoms with van der Waals surface area (Å²) in [5, 5.41) is 0. The highest BCUT2D eigenvalue weighted by atomic mass is 16.5. The van der Waals surface area contributed by atoms with Gasteiger partial charge < -0.3 is 20.9 Å². The van der Waals surface area contributed by atoms with Gasteiger partial charge >= 0.3 is 11.9 Å². The molecule has 0 rings (SSSR count). The molecule has 0 aromatic rings. The minimum absolute atomic E-state index is 0.165. The van der Waals surface area contributed by atoms with Crippen molar-refractivity contribution in [2.45, 2.75) is 71.9 Å². The van der Waals surface area contributed by atoms with Crippen LogP contribution in [-0.2, 0) is 19.1 Å². The fraction of sp³-hybridized carbons (Fsp3) is 0.875. The third-order valence-corrected chi connectivity index (χ3v) is 3.91. The summed E-state index contributed by atoms with van der Waals surface area (Å²) in [6.07, 6.45) is 2.79. The number of nitrogens with two attached hydrogens (primary N) is 2. The van der Waals surface area contributed by atoms with Crippen LogP contribution in [0.4, 0.5) is 0 Å². The number of esters is 2. The van der Waals surface area contributed by atoms with E-state index in [0.717, 1.165) is 12.8 Å². The molecule has 0 amide bonds. The van der Waals surface area contributed by atoms with E-state index in [-0.39, 0.29) is 42.3 Å². The van der Waals surface area contributed by atoms with Gasteiger partial charge in [-0.15, -0.1) is 0 Å². The van der Waals surface area contributed by atoms with Gasteiger partial charge in [-0.05, 0) is 33.1 Å². The lowest BCUT2D eigenvalue weighted by atomic mass is 9.80. The van der Waals surface area contributed by atoms with Crippen molar-refractivity contribution < 1.29 is 19.1 Å². The Morgan fingerprint density at radius 2 is 1.41 bits per heavy atom. The Labute approximate surface area is 133 Å². The van der Waals surface area contributed by atoms with Gasteiger partial charge in [-0.2, -0.15) is 0 Å². The van der Waals surface area contributed by atoms with Gasteiger partial charge in [-0.1, -0.05) is 13.8 Å². The van der Waals surface area contributed by atoms with E-state index in [4.69, 9.17) is 20.9 Å². The Bertz CT molecular complexity index is 339. The molecular formula is C16H32N2O4. The molecule has 0 radical (unpaired) electrons. The van der Waals surface area contributed by atoms with Crippen LogP contribution < -0.4 is 11.5 Å². The predicted octanol–water partition coefficient (Wildman–Crippen LogP) is 1.74. The molecule has 6 heteroatoms. The Morgan fingerprint density at radius 1 is 0.955 bits per heavy atom. The molecule has 130 valence electrons. The summed E-state index contributed by atoms with van der Waals surface area (Å²) in [5.41, 5.74) is 11.0. The first kappa shape index (κ1) is 20.9. The van der Waals surface area contributed by atoms with Gasteiger partial charge in [0.25, 0.3) is 0 Å². The van der Waals surface area contributed by atoms with Crippen LogP contribution in [0.25, 0.3) is 0 Å². The van der Waals surface area contributed by atoms with Gasteiger partial charge in [-0.3, -0.25) is 9.59 Å². The van der Waals surface area contributed by atoms with E-state index < -0.39 is 0 Å². The van der Waals surface area contributed by atoms with Crippen LogP contribution in [0.15, 0.2) is 0 Å². The maximum absolute atomic E-state index is 11.6. The highest BCUT2D eigenvalue weighted by Crippen LogP contribution is 2.31. The normalized spacial score (nSPS) is 14.3. The van der Waals surface area contributed by atoms with E-state index in [2.05, 4.69) is 0 Å². The molecule has 0 aromatic heterocycles. The molecule has 0 bridgehead atoms. The quantitative estimate of drug-likeness (QED) is 0.563. The van der Waals surface area contributed by atoms with Gasteiger partial charge in [0.2, 0.25) is 0 Å². The first-order chi connectivity index (χ1) is 10.2. The molecule has 2 atom stereocenters. The number of ether oxygens (including phenoxy) is 2. The lowest BCUT2D eigenvalue weighted by Crippen LogP contribution is -2.31. The fourth-order valence-corrected chi connectivity index (χ4v) is 2.14. The molecule has 0 aliphatic rings. The first-order valence-corrected chi connectivity index (χ1v) is 8.07. The van der Waals surface area contributed by atoms with E-state index in [1.807, 2.05) is 13.8 Å². The van der Waals surface area contributed by atoms with Crippen molar-refractivity contribution in [3.8, 4) is 0 Å². The Balaban J connectivity index is 4.31. The maximum Gasteiger partial charge on any atom is 0.307 e. The monoisotopic (exact) mass is 316 g/mol. The highest BCUT2D eigenvalue weighted by Gasteiger charge is 2.28. The first-order valence-electron chi connectivity index (χ1n) is 8.07. The molecule has 22 heavy (non-hydrogen) atoms. The van der Waals surface area contributed by atoms with Crippen LogP contribution in [0, 0.1) is 5.41 Å². The summed E-state index contributed by atoms with van der Waals surface area (Å²) in [6, 6.07) is -0.404. The molecule has 2 unspecified atom stereocenters. The fourth-order valence-electron chi connectivity index (χ4n) is 2.14. The van der Waals surface area contributed by atoms with Crippen molar-refractivity contribution in [2.24, 2.45) is 16.9 Å². The maximum atomic E-state index is 11.6. The molecule has 0 aliphatic heterocycles. The van der Waals surface area contributed by atoms with Crippen molar-refractivity contribution in [1.29, 1.82) is 0 Å². The minimum atomic E-state index is -0.287. The van der Waals surface area contributed by atoms with Crippen molar-refractivity contribution in [3.05, 3.63) is 0 Å². The van der Waals surface area contributed by atoms with E-state index in [1.54, 1.807) is 13.8 Å². The van der Waals surface area contributed by atoms with Gasteiger partial charge in [0.05, 0.1) is 26.1 Å². The van der Waals surface area contributed by atoms with Crippen LogP contribution in [0.1, 0.15) is 59.8 Å². The average molecular weight is 316 g/mol. The zero-order valence-corrected chi connectivity index (χ0v) is 14.4. The SMILES string of the molecule is CCC(CC)(CCOC(=O)CC(C)N)COC(=O)CC(C)N. The molecule has 0 fully saturated rings. The second-order valence-corrected chi connectivity index (χ2v) is 6.20. The summed E-state index contributed by atoms with van der Waals surface area (Å²) in [5.74, 6) is -0.569. The van der Waals surface area contributed by atoms with Crippen LogP contribution >= 0.6 is 0 Å². The van der Waals surface area contributed by atoms with E-state index in [0.29, 0.717) is 19.6 Å². The van der Waals surface area contributed by atoms with Gasteiger partial charge in [0, 0.05) is 17.5 Å². The number of rotatable bonds is 11. The standard InChI is InChI=1S/C16H32N2O4/c1-5-16(6-2,11-22-15(20)10-13(4)18)7-8-21-14(19)9-12(3)17/h12-13H,5-11,17-18H2,1-4H3. The molecule has 6 nitrogen and oxygen atoms in total. The highest BCUT2D eigenvalue weighted by molar-refractivity contribution is 5.70. The second-order valence-electron chi connectivity index (χ2n) is 6.20. The largest absolute Gasteiger partial charge is 0.466 e. The lowest BCUT2D eigenvalue weighted by Gasteiger charge is -2.31. The molecule has 0 aliphatic carbocycles. The molecule has 0 spiro atoms. The molecule has 0 aromatic carbocycles. The minimum Gasteiger partial charge on any atom is -0.466 e. The molecule has 0 saturated carbocycles. The smallest absolute Gasteiger partial charge is 0.307 e. The Hall–Kier alpha value is -1.14. The summed E-state index contributed by atoms with van der Waals surface area (Å²) in [4.78, 5) is 23.1. The summed E-state index contributed by atoms with van der Waals surface area (Å²) < 4.78 is 10.5. The predicted molar refractivity (Wildman–Crippen MR) is 86.1 cm³/mol. The topological polar surface area (TPSA) is 105 Å². The zero-order chi connectivity index (χ0) is 17.2. The zero-order valence-electron chi connectivity index (χ0n) is 14.4. The third-order valence-electron chi connectivity index (χ3n) is 3.91. The van der Waals surface area contributed by atoms with Crippen LogP contribution in [0.3, 0.4) is 0 Å². The lowest BCUT2D eigenvalue weighted by molar-refractivity contribution is -0.151. The van der Waals surface area contributed by atoms with Crippen molar-refractivity contribution in [1.82, 2.24) is 0 Å². The summed E-state index contributed by atoms with van der Waals surface area (Å²) >= 11 is 0. The number of carbonyl (C=O) groups is 2. The number of carbonyl (C=O) groups excluding carboxylic acids is 2. The molecular weight excluding hydrogens is 284 g/mol. The number of hydrogen-bond donors (Lipinski definition) is 2. The van der Waals surface area contributed by atoms with Gasteiger partial charge in [0.15, 0.2) is 0 Å². The summed E-state index contributed by atoms with van der Waals surface area (Å²) in [6.45, 7) is 8.28. The Morgan fingerprint density at radius 3 is 1.82 bits per heavy atom. The average Bonchev–Trinajstić information content (AvgIpc) is 2.41. The van der Waals surface area contributed by atoms with Crippen molar-refractivity contribution >= 4 is 11.9 Å². The van der Waals surface area contributed by atoms with Gasteiger partial charge in [0.1, 0.15) is 0 Å². The second kappa shape index (κ2) is 10.6. The van der Waals surface area contributed by atoms with Crippen LogP contribution in [0.2, 0.25) is 0 Å². The molecule has 4 N–H and O–H groups in total. The summed E-state index contributed by atoms with van der Waals surface area (Å²) in [7, 11) is 0. The number of hydrogen-bond acceptors (Lipinski definition) is 6. The van der Waals surface area contributed by atoms with Crippen molar-refractivity contribution in [2.75, 3.05) is 13.2 Å². The van der Waals surface area contributed by atoms with Gasteiger partial charge in [-0.25, -0.2) is 0 Å². The molecule has 0 saturated heterocycles. The molecule has 0 heterocycles. The van der Waals surface area contributed by atoms with Crippen LogP contribution in [0.5, 0.6) is 0 Å². The van der Waals surface area contributed by atoms with E-state index in [9.17, 15) is 9.59 Å². The van der Waals surface area contributed by atoms with Crippen LogP contribution in [-0.4, -0.2) is 37.2 Å². The Kier molecular flexibility index (Phi) is 10.0. The van der Waals surface area contributed by atoms with E-state index >= 15 is 0 Å².